The Labute approximate surface area is 135 Å². The smallest absolute Gasteiger partial charge is 0.123 e. The van der Waals surface area contributed by atoms with E-state index >= 15 is 0 Å². The highest BCUT2D eigenvalue weighted by Gasteiger charge is 2.03. The number of phenols is 1. The third kappa shape index (κ3) is 5.22. The fraction of sp³-hybridized carbons (Fsp3) is 0.429. The highest BCUT2D eigenvalue weighted by Crippen LogP contribution is 2.28. The van der Waals surface area contributed by atoms with Gasteiger partial charge in [0, 0.05) is 5.56 Å². The van der Waals surface area contributed by atoms with Crippen LogP contribution >= 0.6 is 0 Å². The van der Waals surface area contributed by atoms with Crippen molar-refractivity contribution in [3.63, 3.8) is 0 Å². The fourth-order valence-corrected chi connectivity index (χ4v) is 2.85. The second-order valence-electron chi connectivity index (χ2n) is 6.09. The fourth-order valence-electron chi connectivity index (χ4n) is 2.85. The molecule has 118 valence electrons. The number of benzene rings is 2. The van der Waals surface area contributed by atoms with E-state index in [1.54, 1.807) is 6.07 Å². The Morgan fingerprint density at radius 2 is 1.36 bits per heavy atom. The molecule has 0 saturated heterocycles. The van der Waals surface area contributed by atoms with E-state index in [-0.39, 0.29) is 0 Å². The molecule has 2 rings (SSSR count). The number of hydrogen-bond donors (Lipinski definition) is 1. The van der Waals surface area contributed by atoms with Crippen molar-refractivity contribution >= 4 is 0 Å². The lowest BCUT2D eigenvalue weighted by atomic mass is 10.00. The molecule has 0 aliphatic rings. The maximum Gasteiger partial charge on any atom is 0.123 e. The molecule has 1 nitrogen and oxygen atoms in total. The SMILES string of the molecule is CCCCCCCCCc1ccc(-c2ccccc2O)cc1. The average molecular weight is 296 g/mol. The molecule has 2 aromatic rings. The summed E-state index contributed by atoms with van der Waals surface area (Å²) in [5.74, 6) is 0.349. The Bertz CT molecular complexity index is 542. The van der Waals surface area contributed by atoms with Gasteiger partial charge in [0.1, 0.15) is 5.75 Å². The van der Waals surface area contributed by atoms with Crippen LogP contribution in [0.25, 0.3) is 11.1 Å². The van der Waals surface area contributed by atoms with Gasteiger partial charge < -0.3 is 5.11 Å². The van der Waals surface area contributed by atoms with Crippen LogP contribution in [0.15, 0.2) is 48.5 Å². The zero-order valence-electron chi connectivity index (χ0n) is 13.7. The van der Waals surface area contributed by atoms with Gasteiger partial charge in [0.2, 0.25) is 0 Å². The molecule has 0 unspecified atom stereocenters. The van der Waals surface area contributed by atoms with Crippen molar-refractivity contribution in [1.29, 1.82) is 0 Å². The molecule has 2 aromatic carbocycles. The third-order valence-corrected chi connectivity index (χ3v) is 4.24. The number of aromatic hydroxyl groups is 1. The summed E-state index contributed by atoms with van der Waals surface area (Å²) in [7, 11) is 0. The summed E-state index contributed by atoms with van der Waals surface area (Å²) in [6.45, 7) is 2.26. The van der Waals surface area contributed by atoms with E-state index in [0.717, 1.165) is 17.5 Å². The van der Waals surface area contributed by atoms with Gasteiger partial charge in [0.05, 0.1) is 0 Å². The minimum absolute atomic E-state index is 0.349. The predicted molar refractivity (Wildman–Crippen MR) is 95.2 cm³/mol. The molecule has 0 aromatic heterocycles. The maximum atomic E-state index is 9.90. The first kappa shape index (κ1) is 16.6. The number of phenolic OH excluding ortho intramolecular Hbond substituents is 1. The van der Waals surface area contributed by atoms with Gasteiger partial charge in [-0.2, -0.15) is 0 Å². The Kier molecular flexibility index (Phi) is 7.02. The van der Waals surface area contributed by atoms with E-state index in [0.29, 0.717) is 5.75 Å². The van der Waals surface area contributed by atoms with Gasteiger partial charge in [-0.15, -0.1) is 0 Å². The first-order valence-electron chi connectivity index (χ1n) is 8.68. The zero-order chi connectivity index (χ0) is 15.6. The lowest BCUT2D eigenvalue weighted by molar-refractivity contribution is 0.477. The zero-order valence-corrected chi connectivity index (χ0v) is 13.7. The van der Waals surface area contributed by atoms with Crippen LogP contribution in [0.3, 0.4) is 0 Å². The Morgan fingerprint density at radius 3 is 2.05 bits per heavy atom. The van der Waals surface area contributed by atoms with Crippen LogP contribution in [0.4, 0.5) is 0 Å². The molecule has 0 atom stereocenters. The molecule has 0 amide bonds. The summed E-state index contributed by atoms with van der Waals surface area (Å²) >= 11 is 0. The molecular formula is C21H28O. The van der Waals surface area contributed by atoms with Crippen LogP contribution in [-0.4, -0.2) is 5.11 Å². The topological polar surface area (TPSA) is 20.2 Å². The lowest BCUT2D eigenvalue weighted by Crippen LogP contribution is -1.87. The number of unbranched alkanes of at least 4 members (excludes halogenated alkanes) is 6. The third-order valence-electron chi connectivity index (χ3n) is 4.24. The molecule has 0 fully saturated rings. The number of aryl methyl sites for hydroxylation is 1. The largest absolute Gasteiger partial charge is 0.507 e. The summed E-state index contributed by atoms with van der Waals surface area (Å²) < 4.78 is 0. The minimum Gasteiger partial charge on any atom is -0.507 e. The second kappa shape index (κ2) is 9.30. The Hall–Kier alpha value is -1.76. The van der Waals surface area contributed by atoms with Crippen LogP contribution in [0.5, 0.6) is 5.75 Å². The highest BCUT2D eigenvalue weighted by molar-refractivity contribution is 5.69. The van der Waals surface area contributed by atoms with Gasteiger partial charge in [-0.1, -0.05) is 87.9 Å². The molecule has 0 aliphatic heterocycles. The van der Waals surface area contributed by atoms with Crippen molar-refractivity contribution in [3.8, 4) is 16.9 Å². The molecule has 22 heavy (non-hydrogen) atoms. The molecule has 0 radical (unpaired) electrons. The maximum absolute atomic E-state index is 9.90. The molecular weight excluding hydrogens is 268 g/mol. The standard InChI is InChI=1S/C21H28O/c1-2-3-4-5-6-7-8-11-18-14-16-19(17-15-18)20-12-9-10-13-21(20)22/h9-10,12-17,22H,2-8,11H2,1H3. The van der Waals surface area contributed by atoms with Gasteiger partial charge in [-0.25, -0.2) is 0 Å². The second-order valence-corrected chi connectivity index (χ2v) is 6.09. The molecule has 1 heteroatoms. The quantitative estimate of drug-likeness (QED) is 0.534. The average Bonchev–Trinajstić information content (AvgIpc) is 2.55. The Morgan fingerprint density at radius 1 is 0.727 bits per heavy atom. The molecule has 0 heterocycles. The van der Waals surface area contributed by atoms with Crippen LogP contribution < -0.4 is 0 Å². The predicted octanol–water partition coefficient (Wildman–Crippen LogP) is 6.35. The number of hydrogen-bond acceptors (Lipinski definition) is 1. The first-order valence-corrected chi connectivity index (χ1v) is 8.68. The number of rotatable bonds is 9. The summed E-state index contributed by atoms with van der Waals surface area (Å²) in [5, 5.41) is 9.90. The monoisotopic (exact) mass is 296 g/mol. The van der Waals surface area contributed by atoms with E-state index in [1.165, 1.54) is 50.5 Å². The minimum atomic E-state index is 0.349. The summed E-state index contributed by atoms with van der Waals surface area (Å²) in [6, 6.07) is 16.1. The molecule has 0 aliphatic carbocycles. The molecule has 0 saturated carbocycles. The van der Waals surface area contributed by atoms with Crippen LogP contribution in [0.2, 0.25) is 0 Å². The lowest BCUT2D eigenvalue weighted by Gasteiger charge is -2.06. The highest BCUT2D eigenvalue weighted by atomic mass is 16.3. The van der Waals surface area contributed by atoms with Crippen LogP contribution in [0.1, 0.15) is 57.4 Å². The van der Waals surface area contributed by atoms with Crippen molar-refractivity contribution in [2.45, 2.75) is 58.3 Å². The van der Waals surface area contributed by atoms with Crippen molar-refractivity contribution in [3.05, 3.63) is 54.1 Å². The van der Waals surface area contributed by atoms with Gasteiger partial charge in [0.25, 0.3) is 0 Å². The van der Waals surface area contributed by atoms with E-state index < -0.39 is 0 Å². The van der Waals surface area contributed by atoms with E-state index in [9.17, 15) is 5.11 Å². The van der Waals surface area contributed by atoms with Gasteiger partial charge in [0.15, 0.2) is 0 Å². The van der Waals surface area contributed by atoms with Crippen molar-refractivity contribution < 1.29 is 5.11 Å². The summed E-state index contributed by atoms with van der Waals surface area (Å²) in [5.41, 5.74) is 3.39. The van der Waals surface area contributed by atoms with E-state index in [1.807, 2.05) is 18.2 Å². The number of para-hydroxylation sites is 1. The van der Waals surface area contributed by atoms with Crippen molar-refractivity contribution in [2.24, 2.45) is 0 Å². The van der Waals surface area contributed by atoms with Crippen LogP contribution in [-0.2, 0) is 6.42 Å². The molecule has 0 bridgehead atoms. The van der Waals surface area contributed by atoms with Crippen LogP contribution in [0, 0.1) is 0 Å². The van der Waals surface area contributed by atoms with Gasteiger partial charge in [-0.05, 0) is 30.0 Å². The van der Waals surface area contributed by atoms with Gasteiger partial charge >= 0.3 is 0 Å². The van der Waals surface area contributed by atoms with Crippen molar-refractivity contribution in [2.75, 3.05) is 0 Å². The summed E-state index contributed by atoms with van der Waals surface area (Å²) in [6.07, 6.45) is 10.6. The van der Waals surface area contributed by atoms with E-state index in [2.05, 4.69) is 31.2 Å². The first-order chi connectivity index (χ1) is 10.8. The van der Waals surface area contributed by atoms with Gasteiger partial charge in [-0.3, -0.25) is 0 Å². The normalized spacial score (nSPS) is 10.8. The Balaban J connectivity index is 1.77. The van der Waals surface area contributed by atoms with E-state index in [4.69, 9.17) is 0 Å². The molecule has 0 spiro atoms. The van der Waals surface area contributed by atoms with Crippen molar-refractivity contribution in [1.82, 2.24) is 0 Å². The molecule has 1 N–H and O–H groups in total. The summed E-state index contributed by atoms with van der Waals surface area (Å²) in [4.78, 5) is 0.